The van der Waals surface area contributed by atoms with Crippen molar-refractivity contribution in [3.05, 3.63) is 57.0 Å². The number of carbonyl (C=O) groups is 1. The van der Waals surface area contributed by atoms with Crippen molar-refractivity contribution in [1.82, 2.24) is 5.43 Å². The number of halogens is 2. The van der Waals surface area contributed by atoms with Gasteiger partial charge >= 0.3 is 0 Å². The average molecular weight is 440 g/mol. The van der Waals surface area contributed by atoms with Crippen molar-refractivity contribution >= 4 is 39.7 Å². The molecule has 2 aromatic carbocycles. The predicted molar refractivity (Wildman–Crippen MR) is 108 cm³/mol. The number of amides is 1. The third kappa shape index (κ3) is 5.47. The maximum absolute atomic E-state index is 12.1. The molecule has 0 aromatic heterocycles. The minimum atomic E-state index is -0.315. The molecule has 0 atom stereocenters. The Hall–Kier alpha value is -2.05. The Kier molecular flexibility index (Phi) is 7.48. The lowest BCUT2D eigenvalue weighted by atomic mass is 10.2. The van der Waals surface area contributed by atoms with E-state index in [1.807, 2.05) is 26.8 Å². The molecule has 138 valence electrons. The van der Waals surface area contributed by atoms with Crippen LogP contribution in [0.2, 0.25) is 5.02 Å². The fraction of sp³-hybridized carbons (Fsp3) is 0.263. The molecule has 5 nitrogen and oxygen atoms in total. The lowest BCUT2D eigenvalue weighted by molar-refractivity contribution is 0.0954. The van der Waals surface area contributed by atoms with Crippen LogP contribution >= 0.6 is 27.5 Å². The van der Waals surface area contributed by atoms with E-state index in [0.717, 1.165) is 0 Å². The first-order chi connectivity index (χ1) is 12.4. The number of hydrogen-bond acceptors (Lipinski definition) is 4. The van der Waals surface area contributed by atoms with Gasteiger partial charge in [-0.1, -0.05) is 23.7 Å². The van der Waals surface area contributed by atoms with Crippen LogP contribution in [0.1, 0.15) is 36.7 Å². The second-order valence-corrected chi connectivity index (χ2v) is 6.87. The predicted octanol–water partition coefficient (Wildman–Crippen LogP) is 5.05. The molecular formula is C19H20BrClN2O3. The number of hydrazone groups is 1. The normalized spacial score (nSPS) is 11.0. The van der Waals surface area contributed by atoms with Gasteiger partial charge in [0.2, 0.25) is 0 Å². The van der Waals surface area contributed by atoms with Gasteiger partial charge in [0.15, 0.2) is 11.5 Å². The van der Waals surface area contributed by atoms with Crippen molar-refractivity contribution in [3.8, 4) is 11.5 Å². The Morgan fingerprint density at radius 1 is 1.35 bits per heavy atom. The summed E-state index contributed by atoms with van der Waals surface area (Å²) in [6.45, 7) is 6.19. The molecule has 0 aliphatic carbocycles. The number of rotatable bonds is 7. The topological polar surface area (TPSA) is 59.9 Å². The summed E-state index contributed by atoms with van der Waals surface area (Å²) in [5.41, 5.74) is 3.67. The van der Waals surface area contributed by atoms with Gasteiger partial charge in [0.25, 0.3) is 5.91 Å². The van der Waals surface area contributed by atoms with Gasteiger partial charge in [-0.15, -0.1) is 0 Å². The molecule has 1 amide bonds. The second kappa shape index (κ2) is 9.59. The Morgan fingerprint density at radius 3 is 2.73 bits per heavy atom. The molecule has 26 heavy (non-hydrogen) atoms. The van der Waals surface area contributed by atoms with Crippen molar-refractivity contribution in [3.63, 3.8) is 0 Å². The van der Waals surface area contributed by atoms with Crippen LogP contribution in [0.5, 0.6) is 11.5 Å². The fourth-order valence-corrected chi connectivity index (χ4v) is 2.87. The van der Waals surface area contributed by atoms with Crippen LogP contribution in [0.15, 0.2) is 46.0 Å². The van der Waals surface area contributed by atoms with E-state index in [-0.39, 0.29) is 12.0 Å². The average Bonchev–Trinajstić information content (AvgIpc) is 2.58. The summed E-state index contributed by atoms with van der Waals surface area (Å²) in [6.07, 6.45) is 1.47. The van der Waals surface area contributed by atoms with Crippen molar-refractivity contribution in [2.75, 3.05) is 6.61 Å². The molecule has 0 aliphatic rings. The molecule has 0 spiro atoms. The number of carbonyl (C=O) groups excluding carboxylic acids is 1. The van der Waals surface area contributed by atoms with Crippen molar-refractivity contribution in [1.29, 1.82) is 0 Å². The van der Waals surface area contributed by atoms with Crippen LogP contribution in [-0.2, 0) is 0 Å². The highest BCUT2D eigenvalue weighted by Gasteiger charge is 2.13. The van der Waals surface area contributed by atoms with Crippen molar-refractivity contribution in [2.24, 2.45) is 5.10 Å². The molecule has 1 N–H and O–H groups in total. The maximum Gasteiger partial charge on any atom is 0.272 e. The highest BCUT2D eigenvalue weighted by molar-refractivity contribution is 9.10. The van der Waals surface area contributed by atoms with E-state index >= 15 is 0 Å². The second-order valence-electron chi connectivity index (χ2n) is 5.61. The van der Waals surface area contributed by atoms with E-state index in [2.05, 4.69) is 26.5 Å². The number of nitrogens with zero attached hydrogens (tertiary/aromatic N) is 1. The Labute approximate surface area is 166 Å². The highest BCUT2D eigenvalue weighted by Crippen LogP contribution is 2.37. The lowest BCUT2D eigenvalue weighted by Crippen LogP contribution is -2.18. The van der Waals surface area contributed by atoms with E-state index in [0.29, 0.717) is 38.7 Å². The molecule has 2 aromatic rings. The number of ether oxygens (including phenoxy) is 2. The van der Waals surface area contributed by atoms with Gasteiger partial charge in [-0.2, -0.15) is 5.10 Å². The van der Waals surface area contributed by atoms with Crippen LogP contribution in [0.4, 0.5) is 0 Å². The minimum Gasteiger partial charge on any atom is -0.490 e. The minimum absolute atomic E-state index is 0.0326. The quantitative estimate of drug-likeness (QED) is 0.485. The summed E-state index contributed by atoms with van der Waals surface area (Å²) in [7, 11) is 0. The number of benzene rings is 2. The van der Waals surface area contributed by atoms with E-state index in [1.165, 1.54) is 6.21 Å². The molecule has 0 bridgehead atoms. The summed E-state index contributed by atoms with van der Waals surface area (Å²) in [4.78, 5) is 12.1. The lowest BCUT2D eigenvalue weighted by Gasteiger charge is -2.16. The zero-order chi connectivity index (χ0) is 19.1. The van der Waals surface area contributed by atoms with E-state index in [1.54, 1.807) is 30.3 Å². The van der Waals surface area contributed by atoms with Crippen molar-refractivity contribution in [2.45, 2.75) is 26.9 Å². The Morgan fingerprint density at radius 2 is 2.08 bits per heavy atom. The van der Waals surface area contributed by atoms with Crippen LogP contribution in [-0.4, -0.2) is 24.8 Å². The maximum atomic E-state index is 12.1. The smallest absolute Gasteiger partial charge is 0.272 e. The third-order valence-corrected chi connectivity index (χ3v) is 4.16. The van der Waals surface area contributed by atoms with E-state index < -0.39 is 0 Å². The molecule has 0 saturated carbocycles. The summed E-state index contributed by atoms with van der Waals surface area (Å²) in [6, 6.07) is 10.6. The Bertz CT molecular complexity index is 809. The Balaban J connectivity index is 2.17. The summed E-state index contributed by atoms with van der Waals surface area (Å²) in [5, 5.41) is 4.41. The zero-order valence-corrected chi connectivity index (χ0v) is 17.1. The van der Waals surface area contributed by atoms with Gasteiger partial charge in [0, 0.05) is 4.47 Å². The third-order valence-electron chi connectivity index (χ3n) is 3.18. The molecule has 2 rings (SSSR count). The molecule has 0 heterocycles. The zero-order valence-electron chi connectivity index (χ0n) is 14.8. The van der Waals surface area contributed by atoms with Crippen LogP contribution in [0.25, 0.3) is 0 Å². The first-order valence-corrected chi connectivity index (χ1v) is 9.30. The largest absolute Gasteiger partial charge is 0.490 e. The fourth-order valence-electron chi connectivity index (χ4n) is 2.15. The number of hydrogen-bond donors (Lipinski definition) is 1. The van der Waals surface area contributed by atoms with Gasteiger partial charge < -0.3 is 9.47 Å². The molecule has 7 heteroatoms. The van der Waals surface area contributed by atoms with Crippen LogP contribution in [0, 0.1) is 0 Å². The van der Waals surface area contributed by atoms with Gasteiger partial charge in [-0.05, 0) is 66.5 Å². The van der Waals surface area contributed by atoms with Crippen LogP contribution < -0.4 is 14.9 Å². The highest BCUT2D eigenvalue weighted by atomic mass is 79.9. The molecule has 0 fully saturated rings. The molecule has 0 radical (unpaired) electrons. The monoisotopic (exact) mass is 438 g/mol. The molecule has 0 saturated heterocycles. The molecule has 0 unspecified atom stereocenters. The van der Waals surface area contributed by atoms with Gasteiger partial charge in [-0.25, -0.2) is 5.43 Å². The molecule has 0 aliphatic heterocycles. The molecular weight excluding hydrogens is 420 g/mol. The van der Waals surface area contributed by atoms with Gasteiger partial charge in [0.1, 0.15) is 0 Å². The van der Waals surface area contributed by atoms with Crippen molar-refractivity contribution < 1.29 is 14.3 Å². The standard InChI is InChI=1S/C19H20BrClN2O3/c1-4-25-17-10-13(9-16(21)18(17)26-12(2)3)11-22-23-19(24)14-7-5-6-8-15(14)20/h5-12H,4H2,1-3H3,(H,23,24)/b22-11+. The first-order valence-electron chi connectivity index (χ1n) is 8.13. The first kappa shape index (κ1) is 20.3. The summed E-state index contributed by atoms with van der Waals surface area (Å²) < 4.78 is 12.0. The van der Waals surface area contributed by atoms with E-state index in [9.17, 15) is 4.79 Å². The number of nitrogens with one attached hydrogen (secondary N) is 1. The van der Waals surface area contributed by atoms with Gasteiger partial charge in [0.05, 0.1) is 29.5 Å². The van der Waals surface area contributed by atoms with Crippen LogP contribution in [0.3, 0.4) is 0 Å². The summed E-state index contributed by atoms with van der Waals surface area (Å²) in [5.74, 6) is 0.717. The SMILES string of the molecule is CCOc1cc(/C=N/NC(=O)c2ccccc2Br)cc(Cl)c1OC(C)C. The van der Waals surface area contributed by atoms with E-state index in [4.69, 9.17) is 21.1 Å². The van der Waals surface area contributed by atoms with Gasteiger partial charge in [-0.3, -0.25) is 4.79 Å². The summed E-state index contributed by atoms with van der Waals surface area (Å²) >= 11 is 9.65.